The quantitative estimate of drug-likeness (QED) is 0.616. The van der Waals surface area contributed by atoms with E-state index in [1.165, 1.54) is 0 Å². The van der Waals surface area contributed by atoms with E-state index in [2.05, 4.69) is 5.32 Å². The van der Waals surface area contributed by atoms with Gasteiger partial charge < -0.3 is 15.0 Å². The Balaban J connectivity index is 1.78. The van der Waals surface area contributed by atoms with Gasteiger partial charge in [-0.3, -0.25) is 9.59 Å². The molecule has 0 aliphatic heterocycles. The number of benzene rings is 3. The minimum absolute atomic E-state index is 0.342. The van der Waals surface area contributed by atoms with Crippen molar-refractivity contribution in [2.75, 3.05) is 11.9 Å². The molecule has 0 fully saturated rings. The molecular weight excluding hydrogens is 364 g/mol. The van der Waals surface area contributed by atoms with Crippen LogP contribution in [0.1, 0.15) is 18.1 Å². The number of ether oxygens (including phenoxy) is 1. The number of carbonyl (C=O) groups is 2. The second kappa shape index (κ2) is 10.1. The van der Waals surface area contributed by atoms with E-state index >= 15 is 0 Å². The molecule has 0 saturated carbocycles. The molecule has 0 aliphatic rings. The van der Waals surface area contributed by atoms with Gasteiger partial charge in [-0.05, 0) is 30.2 Å². The molecular formula is C24H24N2O3. The van der Waals surface area contributed by atoms with Crippen LogP contribution in [0, 0.1) is 0 Å². The lowest BCUT2D eigenvalue weighted by Gasteiger charge is -2.23. The summed E-state index contributed by atoms with van der Waals surface area (Å²) in [6, 6.07) is 26.3. The summed E-state index contributed by atoms with van der Waals surface area (Å²) in [7, 11) is 0. The lowest BCUT2D eigenvalue weighted by Crippen LogP contribution is -2.39. The number of carbonyl (C=O) groups excluding carboxylic acids is 2. The smallest absolute Gasteiger partial charge is 0.314 e. The summed E-state index contributed by atoms with van der Waals surface area (Å²) in [6.07, 6.45) is 0. The van der Waals surface area contributed by atoms with Crippen LogP contribution in [0.25, 0.3) is 0 Å². The fraction of sp³-hybridized carbons (Fsp3) is 0.167. The molecule has 29 heavy (non-hydrogen) atoms. The standard InChI is InChI=1S/C24H24N2O3/c1-2-29-22-16-10-9-15-21(22)25-23(27)24(28)26(17-19-11-5-3-6-12-19)18-20-13-7-4-8-14-20/h3-16H,2,17-18H2,1H3,(H,25,27). The van der Waals surface area contributed by atoms with Gasteiger partial charge in [0.2, 0.25) is 0 Å². The van der Waals surface area contributed by atoms with E-state index in [0.29, 0.717) is 31.1 Å². The van der Waals surface area contributed by atoms with Crippen LogP contribution in [0.3, 0.4) is 0 Å². The molecule has 0 radical (unpaired) electrons. The van der Waals surface area contributed by atoms with Gasteiger partial charge in [-0.1, -0.05) is 72.8 Å². The second-order valence-electron chi connectivity index (χ2n) is 6.52. The number of anilines is 1. The minimum atomic E-state index is -0.691. The molecule has 1 N–H and O–H groups in total. The lowest BCUT2D eigenvalue weighted by molar-refractivity contribution is -0.144. The molecule has 148 valence electrons. The number of hydrogen-bond acceptors (Lipinski definition) is 3. The zero-order valence-corrected chi connectivity index (χ0v) is 16.4. The Morgan fingerprint density at radius 3 is 1.86 bits per heavy atom. The summed E-state index contributed by atoms with van der Waals surface area (Å²) >= 11 is 0. The lowest BCUT2D eigenvalue weighted by atomic mass is 10.1. The first-order valence-corrected chi connectivity index (χ1v) is 9.57. The van der Waals surface area contributed by atoms with Gasteiger partial charge in [-0.25, -0.2) is 0 Å². The Hall–Kier alpha value is -3.60. The summed E-state index contributed by atoms with van der Waals surface area (Å²) in [5, 5.41) is 2.69. The maximum atomic E-state index is 13.0. The van der Waals surface area contributed by atoms with Gasteiger partial charge in [-0.15, -0.1) is 0 Å². The molecule has 3 aromatic carbocycles. The fourth-order valence-electron chi connectivity index (χ4n) is 2.98. The van der Waals surface area contributed by atoms with Gasteiger partial charge in [0.1, 0.15) is 5.75 Å². The first-order chi connectivity index (χ1) is 14.2. The van der Waals surface area contributed by atoms with Crippen LogP contribution in [-0.4, -0.2) is 23.3 Å². The highest BCUT2D eigenvalue weighted by Crippen LogP contribution is 2.24. The number of para-hydroxylation sites is 2. The molecule has 0 unspecified atom stereocenters. The van der Waals surface area contributed by atoms with Crippen molar-refractivity contribution in [3.05, 3.63) is 96.1 Å². The van der Waals surface area contributed by atoms with Crippen molar-refractivity contribution in [1.29, 1.82) is 0 Å². The summed E-state index contributed by atoms with van der Waals surface area (Å²) < 4.78 is 5.53. The van der Waals surface area contributed by atoms with E-state index in [-0.39, 0.29) is 0 Å². The highest BCUT2D eigenvalue weighted by atomic mass is 16.5. The SMILES string of the molecule is CCOc1ccccc1NC(=O)C(=O)N(Cc1ccccc1)Cc1ccccc1. The van der Waals surface area contributed by atoms with Gasteiger partial charge in [0.05, 0.1) is 12.3 Å². The Kier molecular flexibility index (Phi) is 7.00. The molecule has 5 heteroatoms. The topological polar surface area (TPSA) is 58.6 Å². The normalized spacial score (nSPS) is 10.2. The molecule has 0 aliphatic carbocycles. The second-order valence-corrected chi connectivity index (χ2v) is 6.52. The van der Waals surface area contributed by atoms with Crippen molar-refractivity contribution in [3.8, 4) is 5.75 Å². The number of hydrogen-bond donors (Lipinski definition) is 1. The molecule has 0 saturated heterocycles. The maximum absolute atomic E-state index is 13.0. The number of nitrogens with zero attached hydrogens (tertiary/aromatic N) is 1. The largest absolute Gasteiger partial charge is 0.492 e. The molecule has 0 spiro atoms. The van der Waals surface area contributed by atoms with Crippen LogP contribution in [0.15, 0.2) is 84.9 Å². The first kappa shape index (κ1) is 20.1. The van der Waals surface area contributed by atoms with Crippen LogP contribution >= 0.6 is 0 Å². The van der Waals surface area contributed by atoms with Crippen molar-refractivity contribution in [2.45, 2.75) is 20.0 Å². The summed E-state index contributed by atoms with van der Waals surface area (Å²) in [5.74, 6) is -0.748. The third kappa shape index (κ3) is 5.69. The molecule has 5 nitrogen and oxygen atoms in total. The predicted octanol–water partition coefficient (Wildman–Crippen LogP) is 4.25. The maximum Gasteiger partial charge on any atom is 0.314 e. The van der Waals surface area contributed by atoms with Crippen LogP contribution in [-0.2, 0) is 22.7 Å². The summed E-state index contributed by atoms with van der Waals surface area (Å²) in [4.78, 5) is 27.3. The molecule has 0 bridgehead atoms. The first-order valence-electron chi connectivity index (χ1n) is 9.57. The summed E-state index contributed by atoms with van der Waals surface area (Å²) in [6.45, 7) is 3.02. The van der Waals surface area contributed by atoms with E-state index in [1.54, 1.807) is 23.1 Å². The average molecular weight is 388 g/mol. The minimum Gasteiger partial charge on any atom is -0.492 e. The van der Waals surface area contributed by atoms with Crippen molar-refractivity contribution in [2.24, 2.45) is 0 Å². The van der Waals surface area contributed by atoms with Crippen molar-refractivity contribution in [1.82, 2.24) is 4.90 Å². The molecule has 3 rings (SSSR count). The highest BCUT2D eigenvalue weighted by molar-refractivity contribution is 6.39. The highest BCUT2D eigenvalue weighted by Gasteiger charge is 2.23. The van der Waals surface area contributed by atoms with E-state index in [4.69, 9.17) is 4.74 Å². The van der Waals surface area contributed by atoms with E-state index in [1.807, 2.05) is 73.7 Å². The molecule has 0 atom stereocenters. The van der Waals surface area contributed by atoms with Crippen molar-refractivity contribution < 1.29 is 14.3 Å². The van der Waals surface area contributed by atoms with Crippen LogP contribution < -0.4 is 10.1 Å². The Morgan fingerprint density at radius 2 is 1.31 bits per heavy atom. The average Bonchev–Trinajstić information content (AvgIpc) is 2.76. The van der Waals surface area contributed by atoms with Gasteiger partial charge in [-0.2, -0.15) is 0 Å². The number of amides is 2. The third-order valence-corrected chi connectivity index (χ3v) is 4.35. The zero-order chi connectivity index (χ0) is 20.5. The Morgan fingerprint density at radius 1 is 0.793 bits per heavy atom. The Bertz CT molecular complexity index is 901. The molecule has 0 aromatic heterocycles. The Labute approximate surface area is 170 Å². The van der Waals surface area contributed by atoms with Gasteiger partial charge in [0.15, 0.2) is 0 Å². The summed E-state index contributed by atoms with van der Waals surface area (Å²) in [5.41, 5.74) is 2.39. The van der Waals surface area contributed by atoms with Crippen LogP contribution in [0.5, 0.6) is 5.75 Å². The molecule has 2 amide bonds. The van der Waals surface area contributed by atoms with Crippen LogP contribution in [0.4, 0.5) is 5.69 Å². The molecule has 3 aromatic rings. The van der Waals surface area contributed by atoms with Crippen LogP contribution in [0.2, 0.25) is 0 Å². The van der Waals surface area contributed by atoms with E-state index in [0.717, 1.165) is 11.1 Å². The van der Waals surface area contributed by atoms with Gasteiger partial charge >= 0.3 is 11.8 Å². The van der Waals surface area contributed by atoms with Gasteiger partial charge in [0.25, 0.3) is 0 Å². The zero-order valence-electron chi connectivity index (χ0n) is 16.4. The number of rotatable bonds is 7. The molecule has 0 heterocycles. The van der Waals surface area contributed by atoms with Gasteiger partial charge in [0, 0.05) is 13.1 Å². The van der Waals surface area contributed by atoms with Crippen molar-refractivity contribution >= 4 is 17.5 Å². The van der Waals surface area contributed by atoms with E-state index < -0.39 is 11.8 Å². The third-order valence-electron chi connectivity index (χ3n) is 4.35. The fourth-order valence-corrected chi connectivity index (χ4v) is 2.98. The number of nitrogens with one attached hydrogen (secondary N) is 1. The van der Waals surface area contributed by atoms with Crippen molar-refractivity contribution in [3.63, 3.8) is 0 Å². The predicted molar refractivity (Wildman–Crippen MR) is 113 cm³/mol. The monoisotopic (exact) mass is 388 g/mol. The van der Waals surface area contributed by atoms with E-state index in [9.17, 15) is 9.59 Å².